The van der Waals surface area contributed by atoms with Gasteiger partial charge in [0, 0.05) is 16.1 Å². The number of esters is 1. The lowest BCUT2D eigenvalue weighted by Gasteiger charge is -2.39. The molecule has 0 aromatic heterocycles. The minimum Gasteiger partial charge on any atom is -0.458 e. The van der Waals surface area contributed by atoms with Crippen molar-refractivity contribution < 1.29 is 19.2 Å². The van der Waals surface area contributed by atoms with E-state index >= 15 is 0 Å². The van der Waals surface area contributed by atoms with Gasteiger partial charge in [0.05, 0.1) is 19.3 Å². The zero-order valence-electron chi connectivity index (χ0n) is 15.0. The summed E-state index contributed by atoms with van der Waals surface area (Å²) in [5.74, 6) is -0.210. The number of ether oxygens (including phenoxy) is 2. The Balaban J connectivity index is 2.00. The van der Waals surface area contributed by atoms with Crippen molar-refractivity contribution in [2.24, 2.45) is 0 Å². The molecule has 5 heteroatoms. The molecule has 1 aliphatic carbocycles. The Bertz CT molecular complexity index is 845. The first-order valence-corrected chi connectivity index (χ1v) is 9.47. The molecule has 2 aliphatic rings. The van der Waals surface area contributed by atoms with Crippen LogP contribution in [0.4, 0.5) is 0 Å². The molecule has 1 heterocycles. The van der Waals surface area contributed by atoms with Crippen LogP contribution in [0, 0.1) is 0 Å². The molecular weight excluding hydrogens is 350 g/mol. The molecule has 0 bridgehead atoms. The molecule has 0 radical (unpaired) electrons. The molecule has 1 aliphatic heterocycles. The molecule has 1 atom stereocenters. The summed E-state index contributed by atoms with van der Waals surface area (Å²) in [6, 6.07) is 14.0. The van der Waals surface area contributed by atoms with Gasteiger partial charge in [0.2, 0.25) is 5.54 Å². The molecular formula is C21H23ClNO3+. The number of fused-ring (bicyclic) bond motifs is 3. The number of nitrogens with one attached hydrogen (secondary N) is 1. The summed E-state index contributed by atoms with van der Waals surface area (Å²) >= 11 is 6.36. The first kappa shape index (κ1) is 17.5. The van der Waals surface area contributed by atoms with Crippen molar-refractivity contribution in [3.05, 3.63) is 58.6 Å². The van der Waals surface area contributed by atoms with Crippen LogP contribution in [0.25, 0.3) is 11.1 Å². The number of morpholine rings is 1. The van der Waals surface area contributed by atoms with Crippen molar-refractivity contribution >= 4 is 17.6 Å². The third-order valence-corrected chi connectivity index (χ3v) is 5.52. The standard InChI is InChI=1S/C21H22ClNO3/c1-14(2)26-20(24)21(23-9-11-25-12-10-23)18-6-4-3-5-16(18)17-8-7-15(22)13-19(17)21/h3-8,13-14H,9-12H2,1-2H3/p+1/t21-/m1/s1. The molecule has 4 rings (SSSR count). The number of carbonyl (C=O) groups excluding carboxylic acids is 1. The lowest BCUT2D eigenvalue weighted by molar-refractivity contribution is -0.950. The van der Waals surface area contributed by atoms with Gasteiger partial charge in [0.1, 0.15) is 13.1 Å². The topological polar surface area (TPSA) is 40.0 Å². The highest BCUT2D eigenvalue weighted by Gasteiger charge is 2.59. The molecule has 0 spiro atoms. The monoisotopic (exact) mass is 372 g/mol. The number of rotatable bonds is 3. The van der Waals surface area contributed by atoms with E-state index in [1.165, 1.54) is 0 Å². The van der Waals surface area contributed by atoms with Crippen molar-refractivity contribution in [2.45, 2.75) is 25.5 Å². The third kappa shape index (κ3) is 2.56. The van der Waals surface area contributed by atoms with E-state index in [-0.39, 0.29) is 12.1 Å². The molecule has 1 fully saturated rings. The number of hydrogen-bond donors (Lipinski definition) is 1. The zero-order chi connectivity index (χ0) is 18.3. The molecule has 2 aromatic carbocycles. The third-order valence-electron chi connectivity index (χ3n) is 5.28. The van der Waals surface area contributed by atoms with Crippen LogP contribution in [0.5, 0.6) is 0 Å². The Morgan fingerprint density at radius 1 is 1.12 bits per heavy atom. The fourth-order valence-electron chi connectivity index (χ4n) is 4.29. The first-order chi connectivity index (χ1) is 12.5. The molecule has 136 valence electrons. The van der Waals surface area contributed by atoms with Crippen molar-refractivity contribution in [1.29, 1.82) is 0 Å². The van der Waals surface area contributed by atoms with Crippen LogP contribution in [0.3, 0.4) is 0 Å². The second-order valence-corrected chi connectivity index (χ2v) is 7.59. The van der Waals surface area contributed by atoms with E-state index in [4.69, 9.17) is 21.1 Å². The average molecular weight is 373 g/mol. The van der Waals surface area contributed by atoms with Gasteiger partial charge in [-0.1, -0.05) is 41.9 Å². The second-order valence-electron chi connectivity index (χ2n) is 7.16. The van der Waals surface area contributed by atoms with Gasteiger partial charge in [0.15, 0.2) is 0 Å². The maximum Gasteiger partial charge on any atom is 0.378 e. The lowest BCUT2D eigenvalue weighted by Crippen LogP contribution is -3.21. The molecule has 1 saturated heterocycles. The molecule has 2 aromatic rings. The van der Waals surface area contributed by atoms with Gasteiger partial charge in [0.25, 0.3) is 0 Å². The van der Waals surface area contributed by atoms with Crippen LogP contribution in [0.2, 0.25) is 5.02 Å². The summed E-state index contributed by atoms with van der Waals surface area (Å²) < 4.78 is 11.4. The highest BCUT2D eigenvalue weighted by atomic mass is 35.5. The largest absolute Gasteiger partial charge is 0.458 e. The fraction of sp³-hybridized carbons (Fsp3) is 0.381. The minimum absolute atomic E-state index is 0.185. The van der Waals surface area contributed by atoms with Crippen LogP contribution in [-0.4, -0.2) is 38.4 Å². The summed E-state index contributed by atoms with van der Waals surface area (Å²) in [5.41, 5.74) is 3.18. The fourth-order valence-corrected chi connectivity index (χ4v) is 4.46. The van der Waals surface area contributed by atoms with Crippen LogP contribution in [0.1, 0.15) is 25.0 Å². The number of benzene rings is 2. The molecule has 0 saturated carbocycles. The lowest BCUT2D eigenvalue weighted by atomic mass is 9.85. The molecule has 1 N–H and O–H groups in total. The zero-order valence-corrected chi connectivity index (χ0v) is 15.8. The van der Waals surface area contributed by atoms with Gasteiger partial charge < -0.3 is 14.4 Å². The SMILES string of the molecule is CC(C)OC(=O)[C@@]1([NH+]2CCOCC2)c2ccccc2-c2ccc(Cl)cc21. The van der Waals surface area contributed by atoms with Crippen LogP contribution in [0.15, 0.2) is 42.5 Å². The minimum atomic E-state index is -0.898. The molecule has 0 unspecified atom stereocenters. The molecule has 26 heavy (non-hydrogen) atoms. The summed E-state index contributed by atoms with van der Waals surface area (Å²) in [4.78, 5) is 14.7. The Hall–Kier alpha value is -1.88. The summed E-state index contributed by atoms with van der Waals surface area (Å²) in [7, 11) is 0. The van der Waals surface area contributed by atoms with Gasteiger partial charge in [-0.3, -0.25) is 0 Å². The van der Waals surface area contributed by atoms with Gasteiger partial charge in [-0.15, -0.1) is 0 Å². The quantitative estimate of drug-likeness (QED) is 0.841. The van der Waals surface area contributed by atoms with Crippen molar-refractivity contribution in [1.82, 2.24) is 0 Å². The molecule has 0 amide bonds. The van der Waals surface area contributed by atoms with Gasteiger partial charge >= 0.3 is 5.97 Å². The number of quaternary nitrogens is 1. The van der Waals surface area contributed by atoms with Crippen molar-refractivity contribution in [3.8, 4) is 11.1 Å². The summed E-state index contributed by atoms with van der Waals surface area (Å²) in [6.07, 6.45) is -0.185. The van der Waals surface area contributed by atoms with Gasteiger partial charge in [-0.25, -0.2) is 4.79 Å². The van der Waals surface area contributed by atoms with Crippen LogP contribution >= 0.6 is 11.6 Å². The number of halogens is 1. The van der Waals surface area contributed by atoms with Crippen LogP contribution in [-0.2, 0) is 19.8 Å². The normalized spacial score (nSPS) is 22.2. The Kier molecular flexibility index (Phi) is 4.51. The van der Waals surface area contributed by atoms with Gasteiger partial charge in [-0.05, 0) is 37.1 Å². The van der Waals surface area contributed by atoms with Crippen molar-refractivity contribution in [3.63, 3.8) is 0 Å². The van der Waals surface area contributed by atoms with E-state index in [0.29, 0.717) is 18.2 Å². The Morgan fingerprint density at radius 3 is 2.54 bits per heavy atom. The van der Waals surface area contributed by atoms with E-state index < -0.39 is 5.54 Å². The highest BCUT2D eigenvalue weighted by molar-refractivity contribution is 6.30. The Morgan fingerprint density at radius 2 is 1.81 bits per heavy atom. The van der Waals surface area contributed by atoms with Crippen LogP contribution < -0.4 is 4.90 Å². The highest BCUT2D eigenvalue weighted by Crippen LogP contribution is 2.47. The van der Waals surface area contributed by atoms with E-state index in [0.717, 1.165) is 40.2 Å². The van der Waals surface area contributed by atoms with E-state index in [9.17, 15) is 4.79 Å². The maximum absolute atomic E-state index is 13.6. The van der Waals surface area contributed by atoms with Crippen molar-refractivity contribution in [2.75, 3.05) is 26.3 Å². The number of carbonyl (C=O) groups is 1. The summed E-state index contributed by atoms with van der Waals surface area (Å²) in [6.45, 7) is 6.52. The maximum atomic E-state index is 13.6. The van der Waals surface area contributed by atoms with E-state index in [2.05, 4.69) is 6.07 Å². The predicted molar refractivity (Wildman–Crippen MR) is 100 cm³/mol. The van der Waals surface area contributed by atoms with Gasteiger partial charge in [-0.2, -0.15) is 0 Å². The predicted octanol–water partition coefficient (Wildman–Crippen LogP) is 2.43. The molecule has 4 nitrogen and oxygen atoms in total. The summed E-state index contributed by atoms with van der Waals surface area (Å²) in [5, 5.41) is 0.630. The Labute approximate surface area is 158 Å². The second kappa shape index (κ2) is 6.69. The smallest absolute Gasteiger partial charge is 0.378 e. The first-order valence-electron chi connectivity index (χ1n) is 9.09. The van der Waals surface area contributed by atoms with E-state index in [1.807, 2.05) is 50.2 Å². The average Bonchev–Trinajstić information content (AvgIpc) is 2.92. The van der Waals surface area contributed by atoms with E-state index in [1.54, 1.807) is 0 Å². The number of hydrogen-bond acceptors (Lipinski definition) is 3.